The maximum atomic E-state index is 13.9. The van der Waals surface area contributed by atoms with E-state index in [0.29, 0.717) is 29.6 Å². The molecule has 2 rings (SSSR count). The highest BCUT2D eigenvalue weighted by atomic mass is 19.1. The summed E-state index contributed by atoms with van der Waals surface area (Å²) >= 11 is 0. The SMILES string of the molecule is COc1cc(C(=O)Nc2ccc(CC(=O)O)c(F)c2)ccc1OCC(C)C. The topological polar surface area (TPSA) is 84.9 Å². The van der Waals surface area contributed by atoms with Gasteiger partial charge in [-0.25, -0.2) is 4.39 Å². The number of carboxylic acid groups (broad SMARTS) is 1. The Morgan fingerprint density at radius 2 is 1.89 bits per heavy atom. The van der Waals surface area contributed by atoms with E-state index in [9.17, 15) is 14.0 Å². The largest absolute Gasteiger partial charge is 0.493 e. The van der Waals surface area contributed by atoms with Crippen LogP contribution in [0.1, 0.15) is 29.8 Å². The molecule has 1 amide bonds. The van der Waals surface area contributed by atoms with Gasteiger partial charge >= 0.3 is 5.97 Å². The van der Waals surface area contributed by atoms with Crippen molar-refractivity contribution in [3.8, 4) is 11.5 Å². The van der Waals surface area contributed by atoms with Gasteiger partial charge in [0.25, 0.3) is 5.91 Å². The molecule has 0 unspecified atom stereocenters. The van der Waals surface area contributed by atoms with E-state index in [1.807, 2.05) is 13.8 Å². The van der Waals surface area contributed by atoms with Gasteiger partial charge in [-0.15, -0.1) is 0 Å². The van der Waals surface area contributed by atoms with Gasteiger partial charge in [0, 0.05) is 11.3 Å². The Labute approximate surface area is 156 Å². The number of benzene rings is 2. The molecule has 0 atom stereocenters. The number of methoxy groups -OCH3 is 1. The maximum absolute atomic E-state index is 13.9. The van der Waals surface area contributed by atoms with Crippen molar-refractivity contribution in [3.05, 3.63) is 53.3 Å². The van der Waals surface area contributed by atoms with Crippen molar-refractivity contribution in [2.45, 2.75) is 20.3 Å². The summed E-state index contributed by atoms with van der Waals surface area (Å²) in [5, 5.41) is 11.3. The molecule has 0 heterocycles. The van der Waals surface area contributed by atoms with Crippen LogP contribution in [0.25, 0.3) is 0 Å². The summed E-state index contributed by atoms with van der Waals surface area (Å²) in [6.07, 6.45) is -0.422. The van der Waals surface area contributed by atoms with Crippen LogP contribution in [0, 0.1) is 11.7 Å². The summed E-state index contributed by atoms with van der Waals surface area (Å²) in [6.45, 7) is 4.56. The van der Waals surface area contributed by atoms with Gasteiger partial charge in [0.1, 0.15) is 5.82 Å². The van der Waals surface area contributed by atoms with E-state index in [0.717, 1.165) is 6.07 Å². The van der Waals surface area contributed by atoms with Crippen LogP contribution in [-0.2, 0) is 11.2 Å². The second-order valence-electron chi connectivity index (χ2n) is 6.40. The average Bonchev–Trinajstić information content (AvgIpc) is 2.61. The first-order valence-corrected chi connectivity index (χ1v) is 8.42. The summed E-state index contributed by atoms with van der Waals surface area (Å²) in [7, 11) is 1.48. The molecule has 6 nitrogen and oxygen atoms in total. The average molecular weight is 375 g/mol. The van der Waals surface area contributed by atoms with Crippen LogP contribution in [0.2, 0.25) is 0 Å². The number of nitrogens with one attached hydrogen (secondary N) is 1. The van der Waals surface area contributed by atoms with Crippen LogP contribution in [-0.4, -0.2) is 30.7 Å². The van der Waals surface area contributed by atoms with Crippen molar-refractivity contribution >= 4 is 17.6 Å². The summed E-state index contributed by atoms with van der Waals surface area (Å²) in [5.41, 5.74) is 0.596. The number of carbonyl (C=O) groups excluding carboxylic acids is 1. The van der Waals surface area contributed by atoms with E-state index < -0.39 is 24.1 Å². The molecule has 0 saturated carbocycles. The molecule has 0 saturated heterocycles. The van der Waals surface area contributed by atoms with Crippen LogP contribution < -0.4 is 14.8 Å². The molecule has 7 heteroatoms. The van der Waals surface area contributed by atoms with E-state index in [-0.39, 0.29) is 11.3 Å². The van der Waals surface area contributed by atoms with Crippen LogP contribution in [0.3, 0.4) is 0 Å². The molecule has 0 aliphatic carbocycles. The summed E-state index contributed by atoms with van der Waals surface area (Å²) in [4.78, 5) is 23.1. The molecule has 144 valence electrons. The fraction of sp³-hybridized carbons (Fsp3) is 0.300. The minimum Gasteiger partial charge on any atom is -0.493 e. The Balaban J connectivity index is 2.13. The van der Waals surface area contributed by atoms with Crippen molar-refractivity contribution in [3.63, 3.8) is 0 Å². The summed E-state index contributed by atoms with van der Waals surface area (Å²) < 4.78 is 24.9. The molecular formula is C20H22FNO5. The molecule has 0 bridgehead atoms. The second-order valence-corrected chi connectivity index (χ2v) is 6.40. The molecule has 0 spiro atoms. The molecule has 2 N–H and O–H groups in total. The molecule has 2 aromatic carbocycles. The van der Waals surface area contributed by atoms with Gasteiger partial charge < -0.3 is 19.9 Å². The lowest BCUT2D eigenvalue weighted by Crippen LogP contribution is -2.13. The van der Waals surface area contributed by atoms with Crippen LogP contribution in [0.4, 0.5) is 10.1 Å². The van der Waals surface area contributed by atoms with Crippen molar-refractivity contribution in [2.24, 2.45) is 5.92 Å². The molecule has 27 heavy (non-hydrogen) atoms. The number of carbonyl (C=O) groups is 2. The Kier molecular flexibility index (Phi) is 6.76. The number of anilines is 1. The summed E-state index contributed by atoms with van der Waals surface area (Å²) in [5.74, 6) is -0.966. The third-order valence-corrected chi connectivity index (χ3v) is 3.65. The predicted octanol–water partition coefficient (Wildman–Crippen LogP) is 3.75. The third kappa shape index (κ3) is 5.70. The Hall–Kier alpha value is -3.09. The smallest absolute Gasteiger partial charge is 0.307 e. The molecule has 0 aliphatic rings. The molecular weight excluding hydrogens is 353 g/mol. The first kappa shape index (κ1) is 20.2. The zero-order chi connectivity index (χ0) is 20.0. The van der Waals surface area contributed by atoms with Gasteiger partial charge in [0.2, 0.25) is 0 Å². The maximum Gasteiger partial charge on any atom is 0.307 e. The number of ether oxygens (including phenoxy) is 2. The van der Waals surface area contributed by atoms with E-state index in [2.05, 4.69) is 5.32 Å². The van der Waals surface area contributed by atoms with Crippen molar-refractivity contribution in [2.75, 3.05) is 19.0 Å². The monoisotopic (exact) mass is 375 g/mol. The highest BCUT2D eigenvalue weighted by Gasteiger charge is 2.13. The Morgan fingerprint density at radius 3 is 2.48 bits per heavy atom. The van der Waals surface area contributed by atoms with E-state index in [4.69, 9.17) is 14.6 Å². The lowest BCUT2D eigenvalue weighted by atomic mass is 10.1. The molecule has 0 aromatic heterocycles. The number of hydrogen-bond acceptors (Lipinski definition) is 4. The molecule has 2 aromatic rings. The van der Waals surface area contributed by atoms with Crippen molar-refractivity contribution in [1.82, 2.24) is 0 Å². The molecule has 0 aliphatic heterocycles. The second kappa shape index (κ2) is 9.02. The van der Waals surface area contributed by atoms with Crippen LogP contribution >= 0.6 is 0 Å². The van der Waals surface area contributed by atoms with Crippen molar-refractivity contribution in [1.29, 1.82) is 0 Å². The molecule has 0 radical (unpaired) electrons. The lowest BCUT2D eigenvalue weighted by molar-refractivity contribution is -0.136. The van der Waals surface area contributed by atoms with Gasteiger partial charge in [-0.2, -0.15) is 0 Å². The quantitative estimate of drug-likeness (QED) is 0.734. The standard InChI is InChI=1S/C20H22FNO5/c1-12(2)11-27-17-7-5-14(8-18(17)26-3)20(25)22-15-6-4-13(9-19(23)24)16(21)10-15/h4-8,10,12H,9,11H2,1-3H3,(H,22,25)(H,23,24). The lowest BCUT2D eigenvalue weighted by Gasteiger charge is -2.14. The first-order valence-electron chi connectivity index (χ1n) is 8.42. The van der Waals surface area contributed by atoms with Gasteiger partial charge in [-0.05, 0) is 41.8 Å². The van der Waals surface area contributed by atoms with Gasteiger partial charge in [-0.3, -0.25) is 9.59 Å². The van der Waals surface area contributed by atoms with Crippen molar-refractivity contribution < 1.29 is 28.6 Å². The fourth-order valence-corrected chi connectivity index (χ4v) is 2.32. The van der Waals surface area contributed by atoms with Crippen LogP contribution in [0.5, 0.6) is 11.5 Å². The van der Waals surface area contributed by atoms with Crippen LogP contribution in [0.15, 0.2) is 36.4 Å². The third-order valence-electron chi connectivity index (χ3n) is 3.65. The van der Waals surface area contributed by atoms with Gasteiger partial charge in [-0.1, -0.05) is 19.9 Å². The van der Waals surface area contributed by atoms with Gasteiger partial charge in [0.05, 0.1) is 20.1 Å². The predicted molar refractivity (Wildman–Crippen MR) is 99.0 cm³/mol. The zero-order valence-corrected chi connectivity index (χ0v) is 15.4. The number of halogens is 1. The number of rotatable bonds is 8. The van der Waals surface area contributed by atoms with E-state index in [1.54, 1.807) is 18.2 Å². The normalized spacial score (nSPS) is 10.6. The first-order chi connectivity index (χ1) is 12.8. The van der Waals surface area contributed by atoms with E-state index in [1.165, 1.54) is 19.2 Å². The minimum atomic E-state index is -1.13. The Bertz CT molecular complexity index is 835. The number of amides is 1. The number of carboxylic acids is 1. The highest BCUT2D eigenvalue weighted by molar-refractivity contribution is 6.04. The number of aliphatic carboxylic acids is 1. The van der Waals surface area contributed by atoms with E-state index >= 15 is 0 Å². The van der Waals surface area contributed by atoms with Gasteiger partial charge in [0.15, 0.2) is 11.5 Å². The minimum absolute atomic E-state index is 0.0498. The fourth-order valence-electron chi connectivity index (χ4n) is 2.32. The Morgan fingerprint density at radius 1 is 1.15 bits per heavy atom. The highest BCUT2D eigenvalue weighted by Crippen LogP contribution is 2.29. The molecule has 0 fully saturated rings. The zero-order valence-electron chi connectivity index (χ0n) is 15.4. The summed E-state index contributed by atoms with van der Waals surface area (Å²) in [6, 6.07) is 8.65. The number of hydrogen-bond donors (Lipinski definition) is 2.